The van der Waals surface area contributed by atoms with Gasteiger partial charge < -0.3 is 9.84 Å². The van der Waals surface area contributed by atoms with E-state index in [2.05, 4.69) is 29.3 Å². The summed E-state index contributed by atoms with van der Waals surface area (Å²) >= 11 is 0. The van der Waals surface area contributed by atoms with Crippen molar-refractivity contribution in [3.63, 3.8) is 0 Å². The maximum absolute atomic E-state index is 12.4. The Kier molecular flexibility index (Phi) is 4.79. The van der Waals surface area contributed by atoms with E-state index in [0.29, 0.717) is 24.1 Å². The van der Waals surface area contributed by atoms with Gasteiger partial charge in [0.2, 0.25) is 11.8 Å². The number of aromatic nitrogens is 2. The van der Waals surface area contributed by atoms with Gasteiger partial charge in [0.1, 0.15) is 6.04 Å². The lowest BCUT2D eigenvalue weighted by Gasteiger charge is -2.23. The second-order valence-corrected chi connectivity index (χ2v) is 7.26. The van der Waals surface area contributed by atoms with Crippen molar-refractivity contribution in [2.75, 3.05) is 0 Å². The molecule has 1 aromatic heterocycles. The maximum atomic E-state index is 12.4. The molecule has 122 valence electrons. The molecule has 1 amide bonds. The molecule has 1 heterocycles. The summed E-state index contributed by atoms with van der Waals surface area (Å²) in [5.74, 6) is 2.75. The zero-order valence-electron chi connectivity index (χ0n) is 13.7. The zero-order valence-corrected chi connectivity index (χ0v) is 13.7. The highest BCUT2D eigenvalue weighted by Crippen LogP contribution is 2.38. The Morgan fingerprint density at radius 1 is 1.23 bits per heavy atom. The molecule has 3 rings (SSSR count). The summed E-state index contributed by atoms with van der Waals surface area (Å²) in [6.07, 6.45) is 9.16. The first-order valence-electron chi connectivity index (χ1n) is 8.76. The smallest absolute Gasteiger partial charge is 0.249 e. The molecule has 2 saturated carbocycles. The molecule has 0 bridgehead atoms. The van der Waals surface area contributed by atoms with Gasteiger partial charge in [-0.05, 0) is 37.5 Å². The van der Waals surface area contributed by atoms with Crippen LogP contribution in [-0.2, 0) is 4.79 Å². The predicted octanol–water partition coefficient (Wildman–Crippen LogP) is 3.73. The fourth-order valence-corrected chi connectivity index (χ4v) is 3.28. The van der Waals surface area contributed by atoms with Gasteiger partial charge in [0.15, 0.2) is 5.82 Å². The molecule has 0 aromatic carbocycles. The average molecular weight is 305 g/mol. The lowest BCUT2D eigenvalue weighted by atomic mass is 9.86. The minimum Gasteiger partial charge on any atom is -0.344 e. The summed E-state index contributed by atoms with van der Waals surface area (Å²) in [6, 6.07) is -0.170. The van der Waals surface area contributed by atoms with Gasteiger partial charge >= 0.3 is 0 Å². The van der Waals surface area contributed by atoms with Crippen LogP contribution in [0, 0.1) is 11.8 Å². The average Bonchev–Trinajstić information content (AvgIpc) is 3.24. The molecular formula is C17H27N3O2. The van der Waals surface area contributed by atoms with E-state index in [1.807, 2.05) is 0 Å². The summed E-state index contributed by atoms with van der Waals surface area (Å²) in [4.78, 5) is 16.9. The van der Waals surface area contributed by atoms with Crippen molar-refractivity contribution in [1.82, 2.24) is 15.5 Å². The molecule has 0 saturated heterocycles. The molecule has 0 radical (unpaired) electrons. The Hall–Kier alpha value is -1.39. The highest BCUT2D eigenvalue weighted by molar-refractivity contribution is 5.76. The molecular weight excluding hydrogens is 278 g/mol. The second kappa shape index (κ2) is 6.80. The Morgan fingerprint density at radius 2 is 1.95 bits per heavy atom. The van der Waals surface area contributed by atoms with E-state index >= 15 is 0 Å². The van der Waals surface area contributed by atoms with Crippen LogP contribution in [-0.4, -0.2) is 16.0 Å². The minimum atomic E-state index is -0.170. The monoisotopic (exact) mass is 305 g/mol. The maximum Gasteiger partial charge on any atom is 0.249 e. The van der Waals surface area contributed by atoms with Gasteiger partial charge in [-0.3, -0.25) is 4.79 Å². The SMILES string of the molecule is CC(C)[C@@H](NC(=O)CC1CCCCC1)c1nc(C2CC2)no1. The van der Waals surface area contributed by atoms with E-state index in [1.165, 1.54) is 32.1 Å². The van der Waals surface area contributed by atoms with Gasteiger partial charge in [0.05, 0.1) is 0 Å². The molecule has 0 spiro atoms. The van der Waals surface area contributed by atoms with E-state index < -0.39 is 0 Å². The first-order valence-corrected chi connectivity index (χ1v) is 8.76. The van der Waals surface area contributed by atoms with Crippen LogP contribution >= 0.6 is 0 Å². The predicted molar refractivity (Wildman–Crippen MR) is 83.2 cm³/mol. The van der Waals surface area contributed by atoms with Crippen LogP contribution < -0.4 is 5.32 Å². The number of nitrogens with one attached hydrogen (secondary N) is 1. The summed E-state index contributed by atoms with van der Waals surface area (Å²) in [6.45, 7) is 4.15. The molecule has 1 aromatic rings. The van der Waals surface area contributed by atoms with Crippen LogP contribution in [0.3, 0.4) is 0 Å². The number of rotatable bonds is 6. The number of hydrogen-bond acceptors (Lipinski definition) is 4. The summed E-state index contributed by atoms with van der Waals surface area (Å²) in [5, 5.41) is 7.18. The van der Waals surface area contributed by atoms with Crippen molar-refractivity contribution in [2.45, 2.75) is 77.2 Å². The summed E-state index contributed by atoms with van der Waals surface area (Å²) in [5.41, 5.74) is 0. The van der Waals surface area contributed by atoms with Gasteiger partial charge in [-0.25, -0.2) is 0 Å². The highest BCUT2D eigenvalue weighted by atomic mass is 16.5. The van der Waals surface area contributed by atoms with E-state index in [1.54, 1.807) is 0 Å². The molecule has 2 aliphatic carbocycles. The Balaban J connectivity index is 1.59. The third-order valence-corrected chi connectivity index (χ3v) is 4.85. The molecule has 5 nitrogen and oxygen atoms in total. The Labute approximate surface area is 132 Å². The van der Waals surface area contributed by atoms with Gasteiger partial charge in [-0.2, -0.15) is 4.98 Å². The molecule has 2 aliphatic rings. The minimum absolute atomic E-state index is 0.122. The van der Waals surface area contributed by atoms with Crippen molar-refractivity contribution < 1.29 is 9.32 Å². The second-order valence-electron chi connectivity index (χ2n) is 7.26. The van der Waals surface area contributed by atoms with Crippen molar-refractivity contribution in [3.05, 3.63) is 11.7 Å². The van der Waals surface area contributed by atoms with Crippen molar-refractivity contribution in [2.24, 2.45) is 11.8 Å². The van der Waals surface area contributed by atoms with E-state index in [4.69, 9.17) is 4.52 Å². The van der Waals surface area contributed by atoms with Gasteiger partial charge in [-0.1, -0.05) is 38.3 Å². The summed E-state index contributed by atoms with van der Waals surface area (Å²) < 4.78 is 5.40. The highest BCUT2D eigenvalue weighted by Gasteiger charge is 2.31. The van der Waals surface area contributed by atoms with Gasteiger partial charge in [-0.15, -0.1) is 0 Å². The van der Waals surface area contributed by atoms with Crippen LogP contribution in [0.25, 0.3) is 0 Å². The van der Waals surface area contributed by atoms with Crippen molar-refractivity contribution >= 4 is 5.91 Å². The molecule has 0 aliphatic heterocycles. The molecule has 1 N–H and O–H groups in total. The summed E-state index contributed by atoms with van der Waals surface area (Å²) in [7, 11) is 0. The van der Waals surface area contributed by atoms with Crippen LogP contribution in [0.4, 0.5) is 0 Å². The quantitative estimate of drug-likeness (QED) is 0.869. The van der Waals surface area contributed by atoms with Crippen molar-refractivity contribution in [3.8, 4) is 0 Å². The molecule has 1 atom stereocenters. The molecule has 0 unspecified atom stereocenters. The van der Waals surface area contributed by atoms with Crippen LogP contribution in [0.15, 0.2) is 4.52 Å². The number of hydrogen-bond donors (Lipinski definition) is 1. The van der Waals surface area contributed by atoms with Crippen molar-refractivity contribution in [1.29, 1.82) is 0 Å². The fourth-order valence-electron chi connectivity index (χ4n) is 3.28. The van der Waals surface area contributed by atoms with E-state index in [-0.39, 0.29) is 17.9 Å². The van der Waals surface area contributed by atoms with Crippen LogP contribution in [0.5, 0.6) is 0 Å². The Morgan fingerprint density at radius 3 is 2.59 bits per heavy atom. The van der Waals surface area contributed by atoms with Gasteiger partial charge in [0.25, 0.3) is 0 Å². The number of carbonyl (C=O) groups is 1. The van der Waals surface area contributed by atoms with Crippen LogP contribution in [0.2, 0.25) is 0 Å². The largest absolute Gasteiger partial charge is 0.344 e. The standard InChI is InChI=1S/C17H27N3O2/c1-11(2)15(17-19-16(20-22-17)13-8-9-13)18-14(21)10-12-6-4-3-5-7-12/h11-13,15H,3-10H2,1-2H3,(H,18,21)/t15-/m1/s1. The normalized spacial score (nSPS) is 21.0. The number of nitrogens with zero attached hydrogens (tertiary/aromatic N) is 2. The fraction of sp³-hybridized carbons (Fsp3) is 0.824. The van der Waals surface area contributed by atoms with Gasteiger partial charge in [0, 0.05) is 12.3 Å². The zero-order chi connectivity index (χ0) is 15.5. The molecule has 5 heteroatoms. The lowest BCUT2D eigenvalue weighted by molar-refractivity contribution is -0.123. The third-order valence-electron chi connectivity index (χ3n) is 4.85. The number of carbonyl (C=O) groups excluding carboxylic acids is 1. The Bertz CT molecular complexity index is 502. The molecule has 22 heavy (non-hydrogen) atoms. The lowest BCUT2D eigenvalue weighted by Crippen LogP contribution is -2.33. The topological polar surface area (TPSA) is 68.0 Å². The van der Waals surface area contributed by atoms with Crippen LogP contribution in [0.1, 0.15) is 88.9 Å². The van der Waals surface area contributed by atoms with E-state index in [9.17, 15) is 4.79 Å². The third kappa shape index (κ3) is 3.87. The first-order chi connectivity index (χ1) is 10.6. The number of amides is 1. The first kappa shape index (κ1) is 15.5. The molecule has 2 fully saturated rings. The van der Waals surface area contributed by atoms with E-state index in [0.717, 1.165) is 18.7 Å².